The zero-order chi connectivity index (χ0) is 27.6. The number of nitrogens with zero attached hydrogens (tertiary/aromatic N) is 3. The van der Waals surface area contributed by atoms with Gasteiger partial charge in [0.05, 0.1) is 30.4 Å². The Morgan fingerprint density at radius 1 is 1.02 bits per heavy atom. The summed E-state index contributed by atoms with van der Waals surface area (Å²) in [5, 5.41) is 19.1. The molecule has 2 aliphatic rings. The molecule has 1 unspecified atom stereocenters. The molecule has 0 spiro atoms. The standard InChI is InChI=1S/C32H27N3O4S/c1-3-39-29-16-20(8-15-28(29)36)17-30-31(33-32(37)40-30)35-27(22-11-13-25(38-2)14-12-22)19-26(34-35)24-10-9-21-6-4-5-7-23(21)18-24/h4-18,27,36H,3,19H2,1-2H3/b30-17-. The van der Waals surface area contributed by atoms with E-state index in [1.54, 1.807) is 25.3 Å². The molecule has 1 amide bonds. The van der Waals surface area contributed by atoms with Crippen molar-refractivity contribution in [1.82, 2.24) is 5.01 Å². The number of aliphatic imine (C=N–C) groups is 1. The summed E-state index contributed by atoms with van der Waals surface area (Å²) in [4.78, 5) is 17.7. The highest BCUT2D eigenvalue weighted by atomic mass is 32.2. The normalized spacial score (nSPS) is 17.9. The van der Waals surface area contributed by atoms with E-state index in [0.29, 0.717) is 29.5 Å². The quantitative estimate of drug-likeness (QED) is 0.270. The van der Waals surface area contributed by atoms with E-state index >= 15 is 0 Å². The Kier molecular flexibility index (Phi) is 7.00. The van der Waals surface area contributed by atoms with Crippen LogP contribution >= 0.6 is 11.8 Å². The van der Waals surface area contributed by atoms with Gasteiger partial charge >= 0.3 is 5.24 Å². The second kappa shape index (κ2) is 10.9. The monoisotopic (exact) mass is 549 g/mol. The van der Waals surface area contributed by atoms with E-state index in [1.807, 2.05) is 54.4 Å². The van der Waals surface area contributed by atoms with Crippen LogP contribution in [-0.2, 0) is 0 Å². The Labute approximate surface area is 236 Å². The number of aromatic hydroxyl groups is 1. The van der Waals surface area contributed by atoms with E-state index in [2.05, 4.69) is 35.3 Å². The summed E-state index contributed by atoms with van der Waals surface area (Å²) in [7, 11) is 1.64. The number of benzene rings is 4. The Hall–Kier alpha value is -4.56. The summed E-state index contributed by atoms with van der Waals surface area (Å²) in [5.74, 6) is 1.72. The molecule has 0 saturated heterocycles. The summed E-state index contributed by atoms with van der Waals surface area (Å²) >= 11 is 1.07. The van der Waals surface area contributed by atoms with Gasteiger partial charge in [-0.3, -0.25) is 4.79 Å². The number of hydrogen-bond donors (Lipinski definition) is 1. The largest absolute Gasteiger partial charge is 0.504 e. The van der Waals surface area contributed by atoms with Crippen molar-refractivity contribution in [2.45, 2.75) is 19.4 Å². The van der Waals surface area contributed by atoms with Crippen LogP contribution in [-0.4, -0.2) is 40.6 Å². The molecule has 200 valence electrons. The van der Waals surface area contributed by atoms with E-state index < -0.39 is 0 Å². The van der Waals surface area contributed by atoms with Gasteiger partial charge in [0.25, 0.3) is 0 Å². The van der Waals surface area contributed by atoms with Crippen LogP contribution in [0.3, 0.4) is 0 Å². The maximum Gasteiger partial charge on any atom is 0.311 e. The number of methoxy groups -OCH3 is 1. The summed E-state index contributed by atoms with van der Waals surface area (Å²) in [6, 6.07) is 27.5. The maximum absolute atomic E-state index is 12.6. The highest BCUT2D eigenvalue weighted by molar-refractivity contribution is 8.18. The molecule has 6 rings (SSSR count). The zero-order valence-electron chi connectivity index (χ0n) is 22.1. The molecule has 0 aliphatic carbocycles. The van der Waals surface area contributed by atoms with Crippen LogP contribution in [0.15, 0.2) is 99.9 Å². The minimum absolute atomic E-state index is 0.0665. The van der Waals surface area contributed by atoms with Gasteiger partial charge in [-0.05, 0) is 82.6 Å². The highest BCUT2D eigenvalue weighted by Gasteiger charge is 2.37. The van der Waals surface area contributed by atoms with Crippen molar-refractivity contribution in [3.05, 3.63) is 107 Å². The number of hydrogen-bond acceptors (Lipinski definition) is 7. The van der Waals surface area contributed by atoms with Gasteiger partial charge in [0.1, 0.15) is 5.75 Å². The first-order valence-electron chi connectivity index (χ1n) is 13.0. The van der Waals surface area contributed by atoms with Crippen molar-refractivity contribution >= 4 is 45.4 Å². The molecule has 0 fully saturated rings. The molecule has 0 radical (unpaired) electrons. The van der Waals surface area contributed by atoms with Gasteiger partial charge in [0.2, 0.25) is 0 Å². The topological polar surface area (TPSA) is 83.7 Å². The zero-order valence-corrected chi connectivity index (χ0v) is 22.9. The Bertz CT molecular complexity index is 1690. The van der Waals surface area contributed by atoms with Gasteiger partial charge in [-0.15, -0.1) is 0 Å². The predicted octanol–water partition coefficient (Wildman–Crippen LogP) is 7.41. The summed E-state index contributed by atoms with van der Waals surface area (Å²) < 4.78 is 10.9. The second-order valence-electron chi connectivity index (χ2n) is 9.42. The van der Waals surface area contributed by atoms with E-state index in [-0.39, 0.29) is 17.0 Å². The third-order valence-corrected chi connectivity index (χ3v) is 7.69. The van der Waals surface area contributed by atoms with E-state index in [4.69, 9.17) is 14.6 Å². The van der Waals surface area contributed by atoms with Crippen LogP contribution in [0.1, 0.15) is 36.1 Å². The van der Waals surface area contributed by atoms with Crippen molar-refractivity contribution in [3.8, 4) is 17.2 Å². The Balaban J connectivity index is 1.41. The Morgan fingerprint density at radius 2 is 1.82 bits per heavy atom. The lowest BCUT2D eigenvalue weighted by Crippen LogP contribution is -2.26. The lowest BCUT2D eigenvalue weighted by atomic mass is 9.97. The molecule has 4 aromatic rings. The van der Waals surface area contributed by atoms with Crippen LogP contribution in [0.4, 0.5) is 4.79 Å². The first-order valence-corrected chi connectivity index (χ1v) is 13.8. The fourth-order valence-corrected chi connectivity index (χ4v) is 5.69. The number of amidine groups is 1. The number of ether oxygens (including phenoxy) is 2. The first kappa shape index (κ1) is 25.7. The molecule has 0 aromatic heterocycles. The van der Waals surface area contributed by atoms with Crippen molar-refractivity contribution in [2.24, 2.45) is 10.1 Å². The Morgan fingerprint density at radius 3 is 2.60 bits per heavy atom. The summed E-state index contributed by atoms with van der Waals surface area (Å²) in [6.07, 6.45) is 2.52. The van der Waals surface area contributed by atoms with Gasteiger partial charge in [0, 0.05) is 6.42 Å². The molecule has 2 heterocycles. The predicted molar refractivity (Wildman–Crippen MR) is 160 cm³/mol. The molecule has 1 N–H and O–H groups in total. The average molecular weight is 550 g/mol. The number of carbonyl (C=O) groups is 1. The molecule has 0 saturated carbocycles. The van der Waals surface area contributed by atoms with Gasteiger partial charge in [-0.1, -0.05) is 54.6 Å². The summed E-state index contributed by atoms with van der Waals surface area (Å²) in [5.41, 5.74) is 3.77. The lowest BCUT2D eigenvalue weighted by Gasteiger charge is -2.24. The van der Waals surface area contributed by atoms with Crippen molar-refractivity contribution in [3.63, 3.8) is 0 Å². The van der Waals surface area contributed by atoms with Crippen LogP contribution in [0, 0.1) is 0 Å². The SMILES string of the molecule is CCOc1cc(/C=C2\SC(=O)N=C2N2N=C(c3ccc4ccccc4c3)CC2c2ccc(OC)cc2)ccc1O. The van der Waals surface area contributed by atoms with Gasteiger partial charge < -0.3 is 14.6 Å². The highest BCUT2D eigenvalue weighted by Crippen LogP contribution is 2.40. The lowest BCUT2D eigenvalue weighted by molar-refractivity contribution is 0.267. The smallest absolute Gasteiger partial charge is 0.311 e. The third kappa shape index (κ3) is 5.05. The molecule has 7 nitrogen and oxygen atoms in total. The number of carbonyl (C=O) groups excluding carboxylic acids is 1. The number of thioether (sulfide) groups is 1. The number of phenols is 1. The van der Waals surface area contributed by atoms with Gasteiger partial charge in [0.15, 0.2) is 17.3 Å². The number of rotatable bonds is 6. The molecule has 8 heteroatoms. The van der Waals surface area contributed by atoms with E-state index in [9.17, 15) is 9.90 Å². The number of fused-ring (bicyclic) bond motifs is 1. The molecule has 2 aliphatic heterocycles. The van der Waals surface area contributed by atoms with Gasteiger partial charge in [-0.25, -0.2) is 5.01 Å². The average Bonchev–Trinajstić information content (AvgIpc) is 3.58. The third-order valence-electron chi connectivity index (χ3n) is 6.91. The van der Waals surface area contributed by atoms with Crippen molar-refractivity contribution in [2.75, 3.05) is 13.7 Å². The first-order chi connectivity index (χ1) is 19.5. The van der Waals surface area contributed by atoms with Crippen LogP contribution in [0.2, 0.25) is 0 Å². The molecule has 4 aromatic carbocycles. The molecule has 40 heavy (non-hydrogen) atoms. The van der Waals surface area contributed by atoms with Crippen LogP contribution in [0.25, 0.3) is 16.8 Å². The summed E-state index contributed by atoms with van der Waals surface area (Å²) in [6.45, 7) is 2.29. The van der Waals surface area contributed by atoms with E-state index in [0.717, 1.165) is 45.3 Å². The van der Waals surface area contributed by atoms with Crippen LogP contribution in [0.5, 0.6) is 17.2 Å². The van der Waals surface area contributed by atoms with Gasteiger partial charge in [-0.2, -0.15) is 10.1 Å². The fraction of sp³-hybridized carbons (Fsp3) is 0.156. The second-order valence-corrected chi connectivity index (χ2v) is 10.4. The van der Waals surface area contributed by atoms with E-state index in [1.165, 1.54) is 5.39 Å². The molecule has 0 bridgehead atoms. The number of phenolic OH excluding ortho intramolecular Hbond substituents is 1. The molecular weight excluding hydrogens is 522 g/mol. The van der Waals surface area contributed by atoms with Crippen LogP contribution < -0.4 is 9.47 Å². The number of hydrazone groups is 1. The molecule has 1 atom stereocenters. The minimum atomic E-state index is -0.298. The fourth-order valence-electron chi connectivity index (χ4n) is 4.94. The van der Waals surface area contributed by atoms with Crippen molar-refractivity contribution in [1.29, 1.82) is 0 Å². The maximum atomic E-state index is 12.6. The minimum Gasteiger partial charge on any atom is -0.504 e. The number of amides is 1. The molecular formula is C32H27N3O4S. The van der Waals surface area contributed by atoms with Crippen molar-refractivity contribution < 1.29 is 19.4 Å².